The molecule has 2 aromatic carbocycles. The fraction of sp³-hybridized carbons (Fsp3) is 0.250. The average molecular weight is 463 g/mol. The highest BCUT2D eigenvalue weighted by atomic mass is 16.5. The number of rotatable bonds is 8. The number of carbonyl (C=O) groups is 1. The maximum absolute atomic E-state index is 13.1. The molecule has 10 heteroatoms. The van der Waals surface area contributed by atoms with Crippen LogP contribution in [0.4, 0.5) is 5.82 Å². The van der Waals surface area contributed by atoms with E-state index in [0.29, 0.717) is 47.3 Å². The molecule has 5 N–H and O–H groups in total. The van der Waals surface area contributed by atoms with E-state index in [1.165, 1.54) is 23.0 Å². The normalized spacial score (nSPS) is 11.7. The lowest BCUT2D eigenvalue weighted by molar-refractivity contribution is 0.0757. The Bertz CT molecular complexity index is 1380. The number of hydrogen-bond acceptors (Lipinski definition) is 8. The lowest BCUT2D eigenvalue weighted by Crippen LogP contribution is -2.26. The van der Waals surface area contributed by atoms with E-state index < -0.39 is 0 Å². The first-order chi connectivity index (χ1) is 16.3. The summed E-state index contributed by atoms with van der Waals surface area (Å²) in [6.07, 6.45) is 2.22. The fourth-order valence-corrected chi connectivity index (χ4v) is 3.41. The number of nitrogen functional groups attached to an aromatic ring is 1. The SMILES string of the molecule is CC(C)OCCCNC(=O)c1c(N)n(/N=C\c2ccc(O)c(O)c2)c2nc3ccccc3nc12. The highest BCUT2D eigenvalue weighted by molar-refractivity contribution is 6.10. The van der Waals surface area contributed by atoms with Gasteiger partial charge in [0.15, 0.2) is 17.1 Å². The second-order valence-corrected chi connectivity index (χ2v) is 7.98. The van der Waals surface area contributed by atoms with Crippen LogP contribution in [0.2, 0.25) is 0 Å². The summed E-state index contributed by atoms with van der Waals surface area (Å²) in [5.41, 5.74) is 8.97. The molecule has 0 aliphatic carbocycles. The Morgan fingerprint density at radius 2 is 1.91 bits per heavy atom. The molecule has 2 aromatic heterocycles. The Morgan fingerprint density at radius 3 is 2.62 bits per heavy atom. The van der Waals surface area contributed by atoms with Crippen molar-refractivity contribution in [3.05, 3.63) is 53.6 Å². The lowest BCUT2D eigenvalue weighted by Gasteiger charge is -2.08. The van der Waals surface area contributed by atoms with Gasteiger partial charge in [-0.25, -0.2) is 9.97 Å². The quantitative estimate of drug-likeness (QED) is 0.179. The number of nitrogens with two attached hydrogens (primary N) is 1. The monoisotopic (exact) mass is 462 g/mol. The van der Waals surface area contributed by atoms with E-state index in [1.807, 2.05) is 38.1 Å². The molecule has 0 aliphatic rings. The number of phenols is 2. The summed E-state index contributed by atoms with van der Waals surface area (Å²) in [5.74, 6) is -0.812. The molecule has 0 aliphatic heterocycles. The molecule has 0 radical (unpaired) electrons. The highest BCUT2D eigenvalue weighted by Crippen LogP contribution is 2.28. The van der Waals surface area contributed by atoms with Crippen molar-refractivity contribution < 1.29 is 19.7 Å². The number of anilines is 1. The summed E-state index contributed by atoms with van der Waals surface area (Å²) in [5, 5.41) is 26.5. The van der Waals surface area contributed by atoms with E-state index in [0.717, 1.165) is 0 Å². The van der Waals surface area contributed by atoms with Crippen molar-refractivity contribution in [2.75, 3.05) is 18.9 Å². The number of aromatic hydroxyl groups is 2. The molecule has 0 saturated carbocycles. The minimum absolute atomic E-state index is 0.0838. The van der Waals surface area contributed by atoms with E-state index in [9.17, 15) is 15.0 Å². The molecule has 176 valence electrons. The van der Waals surface area contributed by atoms with E-state index in [-0.39, 0.29) is 34.9 Å². The van der Waals surface area contributed by atoms with Gasteiger partial charge in [0.2, 0.25) is 0 Å². The van der Waals surface area contributed by atoms with Crippen molar-refractivity contribution in [3.8, 4) is 11.5 Å². The van der Waals surface area contributed by atoms with Gasteiger partial charge in [0.05, 0.1) is 23.4 Å². The summed E-state index contributed by atoms with van der Waals surface area (Å²) in [6.45, 7) is 4.85. The third kappa shape index (κ3) is 4.76. The number of amides is 1. The van der Waals surface area contributed by atoms with Gasteiger partial charge in [-0.2, -0.15) is 9.78 Å². The van der Waals surface area contributed by atoms with Crippen LogP contribution in [0.5, 0.6) is 11.5 Å². The number of phenolic OH excluding ortho intramolecular Hbond substituents is 2. The Kier molecular flexibility index (Phi) is 6.60. The maximum Gasteiger partial charge on any atom is 0.257 e. The maximum atomic E-state index is 13.1. The molecule has 0 bridgehead atoms. The molecule has 0 unspecified atom stereocenters. The number of aromatic nitrogens is 3. The zero-order valence-electron chi connectivity index (χ0n) is 18.9. The molecule has 0 spiro atoms. The Morgan fingerprint density at radius 1 is 1.18 bits per heavy atom. The Balaban J connectivity index is 1.72. The van der Waals surface area contributed by atoms with Crippen LogP contribution in [0, 0.1) is 0 Å². The van der Waals surface area contributed by atoms with Gasteiger partial charge in [-0.15, -0.1) is 0 Å². The van der Waals surface area contributed by atoms with Gasteiger partial charge in [0, 0.05) is 13.2 Å². The summed E-state index contributed by atoms with van der Waals surface area (Å²) < 4.78 is 6.85. The van der Waals surface area contributed by atoms with Crippen molar-refractivity contribution in [3.63, 3.8) is 0 Å². The molecule has 0 atom stereocenters. The number of hydrogen-bond donors (Lipinski definition) is 4. The molecule has 10 nitrogen and oxygen atoms in total. The van der Waals surface area contributed by atoms with Crippen LogP contribution in [0.1, 0.15) is 36.2 Å². The van der Waals surface area contributed by atoms with Crippen molar-refractivity contribution in [2.45, 2.75) is 26.4 Å². The fourth-order valence-electron chi connectivity index (χ4n) is 3.41. The van der Waals surface area contributed by atoms with Crippen molar-refractivity contribution in [1.29, 1.82) is 0 Å². The van der Waals surface area contributed by atoms with Gasteiger partial charge < -0.3 is 26.0 Å². The Labute approximate surface area is 195 Å². The number of nitrogens with zero attached hydrogens (tertiary/aromatic N) is 4. The number of para-hydroxylation sites is 2. The first-order valence-corrected chi connectivity index (χ1v) is 10.9. The van der Waals surface area contributed by atoms with Crippen molar-refractivity contribution in [2.24, 2.45) is 5.10 Å². The van der Waals surface area contributed by atoms with E-state index in [4.69, 9.17) is 10.5 Å². The standard InChI is InChI=1S/C24H26N6O4/c1-14(2)34-11-5-10-26-24(33)20-21-23(29-17-7-4-3-6-16(17)28-21)30(22(20)25)27-13-15-8-9-18(31)19(32)12-15/h3-4,6-9,12-14,31-32H,5,10-11,25H2,1-2H3,(H,26,33)/b27-13-. The number of ether oxygens (including phenoxy) is 1. The molecular weight excluding hydrogens is 436 g/mol. The first kappa shape index (κ1) is 23.0. The van der Waals surface area contributed by atoms with E-state index in [2.05, 4.69) is 20.4 Å². The van der Waals surface area contributed by atoms with Crippen LogP contribution < -0.4 is 11.1 Å². The topological polar surface area (TPSA) is 148 Å². The molecule has 1 amide bonds. The molecule has 2 heterocycles. The summed E-state index contributed by atoms with van der Waals surface area (Å²) in [7, 11) is 0. The lowest BCUT2D eigenvalue weighted by atomic mass is 10.2. The van der Waals surface area contributed by atoms with Gasteiger partial charge in [0.25, 0.3) is 5.91 Å². The van der Waals surface area contributed by atoms with Gasteiger partial charge in [-0.1, -0.05) is 12.1 Å². The molecular formula is C24H26N6O4. The van der Waals surface area contributed by atoms with Crippen molar-refractivity contribution in [1.82, 2.24) is 20.0 Å². The zero-order valence-corrected chi connectivity index (χ0v) is 18.9. The van der Waals surface area contributed by atoms with Crippen LogP contribution in [0.25, 0.3) is 22.2 Å². The minimum atomic E-state index is -0.382. The predicted octanol–water partition coefficient (Wildman–Crippen LogP) is 3.01. The van der Waals surface area contributed by atoms with Crippen LogP contribution in [-0.4, -0.2) is 56.2 Å². The largest absolute Gasteiger partial charge is 0.504 e. The smallest absolute Gasteiger partial charge is 0.257 e. The average Bonchev–Trinajstić information content (AvgIpc) is 3.07. The second-order valence-electron chi connectivity index (χ2n) is 7.98. The Hall–Kier alpha value is -4.18. The molecule has 4 aromatic rings. The van der Waals surface area contributed by atoms with E-state index in [1.54, 1.807) is 6.07 Å². The predicted molar refractivity (Wildman–Crippen MR) is 130 cm³/mol. The number of fused-ring (bicyclic) bond motifs is 2. The van der Waals surface area contributed by atoms with Crippen LogP contribution in [0.3, 0.4) is 0 Å². The number of nitrogens with one attached hydrogen (secondary N) is 1. The number of carbonyl (C=O) groups excluding carboxylic acids is 1. The van der Waals surface area contributed by atoms with Gasteiger partial charge >= 0.3 is 0 Å². The number of benzene rings is 2. The summed E-state index contributed by atoms with van der Waals surface area (Å²) in [6, 6.07) is 11.6. The molecule has 34 heavy (non-hydrogen) atoms. The molecule has 0 saturated heterocycles. The van der Waals surface area contributed by atoms with E-state index >= 15 is 0 Å². The van der Waals surface area contributed by atoms with Crippen LogP contribution in [0.15, 0.2) is 47.6 Å². The van der Waals surface area contributed by atoms with Crippen molar-refractivity contribution >= 4 is 40.1 Å². The third-order valence-corrected chi connectivity index (χ3v) is 5.08. The molecule has 4 rings (SSSR count). The van der Waals surface area contributed by atoms with Gasteiger partial charge in [-0.05, 0) is 56.2 Å². The zero-order chi connectivity index (χ0) is 24.2. The van der Waals surface area contributed by atoms with Gasteiger partial charge in [-0.3, -0.25) is 4.79 Å². The molecule has 0 fully saturated rings. The third-order valence-electron chi connectivity index (χ3n) is 5.08. The first-order valence-electron chi connectivity index (χ1n) is 10.9. The summed E-state index contributed by atoms with van der Waals surface area (Å²) >= 11 is 0. The minimum Gasteiger partial charge on any atom is -0.504 e. The van der Waals surface area contributed by atoms with Crippen LogP contribution in [-0.2, 0) is 4.74 Å². The highest BCUT2D eigenvalue weighted by Gasteiger charge is 2.23. The van der Waals surface area contributed by atoms with Crippen LogP contribution >= 0.6 is 0 Å². The summed E-state index contributed by atoms with van der Waals surface area (Å²) in [4.78, 5) is 22.3. The second kappa shape index (κ2) is 9.75. The van der Waals surface area contributed by atoms with Gasteiger partial charge in [0.1, 0.15) is 16.9 Å².